The molecule has 0 saturated carbocycles. The van der Waals surface area contributed by atoms with E-state index in [1.54, 1.807) is 16.4 Å². The molecule has 0 bridgehead atoms. The van der Waals surface area contributed by atoms with Gasteiger partial charge in [0.2, 0.25) is 11.1 Å². The smallest absolute Gasteiger partial charge is 0.326 e. The van der Waals surface area contributed by atoms with Gasteiger partial charge >= 0.3 is 5.97 Å². The van der Waals surface area contributed by atoms with Gasteiger partial charge in [-0.3, -0.25) is 4.79 Å². The predicted octanol–water partition coefficient (Wildman–Crippen LogP) is -1.36. The van der Waals surface area contributed by atoms with Crippen molar-refractivity contribution in [2.45, 2.75) is 29.2 Å². The lowest BCUT2D eigenvalue weighted by atomic mass is 9.95. The molecule has 1 amide bonds. The van der Waals surface area contributed by atoms with Gasteiger partial charge < -0.3 is 20.6 Å². The lowest BCUT2D eigenvalue weighted by Gasteiger charge is -2.53. The summed E-state index contributed by atoms with van der Waals surface area (Å²) in [5.74, 6) is -0.276. The zero-order valence-corrected chi connectivity index (χ0v) is 15.6. The SMILES string of the molecule is CN(C)CCn1nnnc1SC[C@@H]1CS[C@@H]2[C@H](N)C(=O)N2[C@H]1C(=O)O. The normalized spacial score (nSPS) is 28.8. The van der Waals surface area contributed by atoms with E-state index in [-0.39, 0.29) is 17.2 Å². The molecule has 0 unspecified atom stereocenters. The maximum absolute atomic E-state index is 12.0. The maximum Gasteiger partial charge on any atom is 0.326 e. The summed E-state index contributed by atoms with van der Waals surface area (Å²) >= 11 is 2.97. The summed E-state index contributed by atoms with van der Waals surface area (Å²) in [5, 5.41) is 21.7. The molecule has 2 fully saturated rings. The Bertz CT molecular complexity index is 655. The minimum absolute atomic E-state index is 0.181. The number of carboxylic acids is 1. The molecule has 0 aliphatic carbocycles. The number of amides is 1. The van der Waals surface area contributed by atoms with E-state index < -0.39 is 18.1 Å². The molecule has 3 heterocycles. The number of aliphatic carboxylic acids is 1. The van der Waals surface area contributed by atoms with Crippen LogP contribution in [0.25, 0.3) is 0 Å². The summed E-state index contributed by atoms with van der Waals surface area (Å²) in [6.45, 7) is 1.46. The molecular formula is C13H21N7O3S2. The molecule has 3 N–H and O–H groups in total. The Morgan fingerprint density at radius 1 is 1.52 bits per heavy atom. The van der Waals surface area contributed by atoms with Crippen LogP contribution >= 0.6 is 23.5 Å². The first-order valence-corrected chi connectivity index (χ1v) is 9.89. The number of carbonyl (C=O) groups is 2. The maximum atomic E-state index is 12.0. The highest BCUT2D eigenvalue weighted by molar-refractivity contribution is 8.00. The summed E-state index contributed by atoms with van der Waals surface area (Å²) in [5.41, 5.74) is 5.77. The molecule has 0 spiro atoms. The van der Waals surface area contributed by atoms with Gasteiger partial charge in [0.1, 0.15) is 17.5 Å². The van der Waals surface area contributed by atoms with Crippen LogP contribution in [-0.4, -0.2) is 96.6 Å². The number of nitrogens with two attached hydrogens (primary N) is 1. The van der Waals surface area contributed by atoms with Gasteiger partial charge in [0, 0.05) is 24.0 Å². The second kappa shape index (κ2) is 7.48. The van der Waals surface area contributed by atoms with Crippen molar-refractivity contribution in [3.8, 4) is 0 Å². The Morgan fingerprint density at radius 3 is 2.96 bits per heavy atom. The first-order valence-electron chi connectivity index (χ1n) is 7.86. The van der Waals surface area contributed by atoms with Crippen LogP contribution in [0.4, 0.5) is 0 Å². The lowest BCUT2D eigenvalue weighted by Crippen LogP contribution is -2.74. The topological polar surface area (TPSA) is 130 Å². The Labute approximate surface area is 153 Å². The molecule has 10 nitrogen and oxygen atoms in total. The number of likely N-dealkylation sites (N-methyl/N-ethyl adjacent to an activating group) is 1. The van der Waals surface area contributed by atoms with Crippen LogP contribution in [0.5, 0.6) is 0 Å². The molecule has 1 aromatic rings. The minimum Gasteiger partial charge on any atom is -0.480 e. The van der Waals surface area contributed by atoms with E-state index >= 15 is 0 Å². The first-order chi connectivity index (χ1) is 11.9. The lowest BCUT2D eigenvalue weighted by molar-refractivity contribution is -0.162. The minimum atomic E-state index is -0.983. The van der Waals surface area contributed by atoms with Gasteiger partial charge in [-0.1, -0.05) is 11.8 Å². The zero-order chi connectivity index (χ0) is 18.1. The van der Waals surface area contributed by atoms with Crippen LogP contribution in [0.2, 0.25) is 0 Å². The number of aromatic nitrogens is 4. The Hall–Kier alpha value is -1.37. The highest BCUT2D eigenvalue weighted by Crippen LogP contribution is 2.41. The van der Waals surface area contributed by atoms with Crippen molar-refractivity contribution >= 4 is 35.4 Å². The molecule has 0 radical (unpaired) electrons. The molecule has 138 valence electrons. The third kappa shape index (κ3) is 3.61. The van der Waals surface area contributed by atoms with Crippen molar-refractivity contribution < 1.29 is 14.7 Å². The van der Waals surface area contributed by atoms with Gasteiger partial charge in [-0.2, -0.15) is 0 Å². The Kier molecular flexibility index (Phi) is 5.51. The number of β-lactam (4-membered cyclic amide) rings is 1. The Balaban J connectivity index is 1.64. The van der Waals surface area contributed by atoms with Gasteiger partial charge in [0.15, 0.2) is 0 Å². The van der Waals surface area contributed by atoms with Gasteiger partial charge in [0.25, 0.3) is 0 Å². The molecule has 2 saturated heterocycles. The average Bonchev–Trinajstić information content (AvgIpc) is 3.03. The van der Waals surface area contributed by atoms with Gasteiger partial charge in [0.05, 0.1) is 6.54 Å². The van der Waals surface area contributed by atoms with Gasteiger partial charge in [-0.15, -0.1) is 16.9 Å². The highest BCUT2D eigenvalue weighted by Gasteiger charge is 2.55. The number of nitrogens with zero attached hydrogens (tertiary/aromatic N) is 6. The van der Waals surface area contributed by atoms with Crippen molar-refractivity contribution in [1.82, 2.24) is 30.0 Å². The second-order valence-corrected chi connectivity index (χ2v) is 8.47. The second-order valence-electron chi connectivity index (χ2n) is 6.34. The van der Waals surface area contributed by atoms with E-state index in [2.05, 4.69) is 15.5 Å². The van der Waals surface area contributed by atoms with E-state index in [9.17, 15) is 14.7 Å². The van der Waals surface area contributed by atoms with Crippen LogP contribution in [0.3, 0.4) is 0 Å². The predicted molar refractivity (Wildman–Crippen MR) is 93.1 cm³/mol. The molecule has 4 atom stereocenters. The third-order valence-electron chi connectivity index (χ3n) is 4.29. The van der Waals surface area contributed by atoms with Crippen molar-refractivity contribution in [3.05, 3.63) is 0 Å². The number of tetrazole rings is 1. The van der Waals surface area contributed by atoms with E-state index in [0.717, 1.165) is 6.54 Å². The Morgan fingerprint density at radius 2 is 2.28 bits per heavy atom. The van der Waals surface area contributed by atoms with Gasteiger partial charge in [-0.05, 0) is 24.5 Å². The van der Waals surface area contributed by atoms with Crippen LogP contribution in [-0.2, 0) is 16.1 Å². The summed E-state index contributed by atoms with van der Waals surface area (Å²) in [7, 11) is 3.94. The quantitative estimate of drug-likeness (QED) is 0.427. The highest BCUT2D eigenvalue weighted by atomic mass is 32.2. The van der Waals surface area contributed by atoms with Crippen LogP contribution < -0.4 is 5.73 Å². The molecule has 2 aliphatic rings. The molecule has 0 aromatic carbocycles. The fourth-order valence-electron chi connectivity index (χ4n) is 2.91. The molecule has 1 aromatic heterocycles. The molecule has 3 rings (SSSR count). The fraction of sp³-hybridized carbons (Fsp3) is 0.769. The molecular weight excluding hydrogens is 366 g/mol. The van der Waals surface area contributed by atoms with Gasteiger partial charge in [-0.25, -0.2) is 9.48 Å². The van der Waals surface area contributed by atoms with E-state index in [0.29, 0.717) is 23.2 Å². The largest absolute Gasteiger partial charge is 0.480 e. The monoisotopic (exact) mass is 387 g/mol. The number of hydrogen-bond acceptors (Lipinski definition) is 9. The number of thioether (sulfide) groups is 2. The van der Waals surface area contributed by atoms with Crippen molar-refractivity contribution in [1.29, 1.82) is 0 Å². The summed E-state index contributed by atoms with van der Waals surface area (Å²) < 4.78 is 1.71. The summed E-state index contributed by atoms with van der Waals surface area (Å²) in [4.78, 5) is 27.1. The zero-order valence-electron chi connectivity index (χ0n) is 14.0. The van der Waals surface area contributed by atoms with Crippen LogP contribution in [0, 0.1) is 5.92 Å². The number of carbonyl (C=O) groups excluding carboxylic acids is 1. The number of fused-ring (bicyclic) bond motifs is 1. The summed E-state index contributed by atoms with van der Waals surface area (Å²) in [6, 6.07) is -1.42. The number of hydrogen-bond donors (Lipinski definition) is 2. The number of rotatable bonds is 7. The third-order valence-corrected chi connectivity index (χ3v) is 6.91. The standard InChI is InChI=1S/C13H21N7O3S2/c1-18(2)3-4-19-13(15-16-17-19)25-6-7-5-24-11-8(14)10(21)20(11)9(7)12(22)23/h7-9,11H,3-6,14H2,1-2H3,(H,22,23)/t7-,8+,9+,11+/m0/s1. The van der Waals surface area contributed by atoms with E-state index in [1.807, 2.05) is 19.0 Å². The number of carboxylic acid groups (broad SMARTS) is 1. The molecule has 12 heteroatoms. The molecule has 25 heavy (non-hydrogen) atoms. The van der Waals surface area contributed by atoms with Crippen molar-refractivity contribution in [2.24, 2.45) is 11.7 Å². The van der Waals surface area contributed by atoms with Crippen LogP contribution in [0.1, 0.15) is 0 Å². The summed E-state index contributed by atoms with van der Waals surface area (Å²) in [6.07, 6.45) is 0. The average molecular weight is 387 g/mol. The first kappa shape index (κ1) is 18.4. The van der Waals surface area contributed by atoms with Crippen LogP contribution in [0.15, 0.2) is 5.16 Å². The fourth-order valence-corrected chi connectivity index (χ4v) is 5.55. The van der Waals surface area contributed by atoms with Crippen molar-refractivity contribution in [2.75, 3.05) is 32.1 Å². The molecule has 2 aliphatic heterocycles. The van der Waals surface area contributed by atoms with E-state index in [1.165, 1.54) is 16.7 Å². The van der Waals surface area contributed by atoms with E-state index in [4.69, 9.17) is 5.73 Å². The van der Waals surface area contributed by atoms with Crippen molar-refractivity contribution in [3.63, 3.8) is 0 Å².